The molecule has 0 radical (unpaired) electrons. The molecule has 4 heteroatoms. The number of aromatic amines is 1. The Labute approximate surface area is 118 Å². The van der Waals surface area contributed by atoms with Crippen molar-refractivity contribution in [1.82, 2.24) is 9.88 Å². The van der Waals surface area contributed by atoms with E-state index in [-0.39, 0.29) is 17.9 Å². The van der Waals surface area contributed by atoms with Gasteiger partial charge in [-0.15, -0.1) is 0 Å². The minimum absolute atomic E-state index is 0.0852. The monoisotopic (exact) mass is 272 g/mol. The van der Waals surface area contributed by atoms with E-state index in [1.165, 1.54) is 18.1 Å². The van der Waals surface area contributed by atoms with Crippen LogP contribution in [0.1, 0.15) is 24.4 Å². The normalized spacial score (nSPS) is 23.9. The third-order valence-corrected chi connectivity index (χ3v) is 4.33. The summed E-state index contributed by atoms with van der Waals surface area (Å²) in [6.07, 6.45) is 3.96. The van der Waals surface area contributed by atoms with Gasteiger partial charge >= 0.3 is 5.97 Å². The van der Waals surface area contributed by atoms with Crippen molar-refractivity contribution in [2.75, 3.05) is 20.7 Å². The number of esters is 1. The number of methoxy groups -OCH3 is 1. The number of fused-ring (bicyclic) bond motifs is 1. The number of nitrogens with zero attached hydrogens (tertiary/aromatic N) is 1. The van der Waals surface area contributed by atoms with Crippen LogP contribution in [0.3, 0.4) is 0 Å². The maximum absolute atomic E-state index is 12.1. The summed E-state index contributed by atoms with van der Waals surface area (Å²) < 4.78 is 5.00. The van der Waals surface area contributed by atoms with E-state index in [4.69, 9.17) is 4.74 Å². The lowest BCUT2D eigenvalue weighted by Crippen LogP contribution is -2.40. The number of carbonyl (C=O) groups is 1. The Bertz CT molecular complexity index is 620. The number of likely N-dealkylation sites (tertiary alicyclic amines) is 1. The molecule has 2 heterocycles. The van der Waals surface area contributed by atoms with Crippen LogP contribution in [0.5, 0.6) is 0 Å². The summed E-state index contributed by atoms with van der Waals surface area (Å²) in [7, 11) is 3.56. The van der Waals surface area contributed by atoms with Crippen molar-refractivity contribution in [3.63, 3.8) is 0 Å². The number of hydrogen-bond acceptors (Lipinski definition) is 3. The molecule has 0 bridgehead atoms. The van der Waals surface area contributed by atoms with Gasteiger partial charge in [0.2, 0.25) is 0 Å². The molecule has 4 nitrogen and oxygen atoms in total. The second-order valence-electron chi connectivity index (χ2n) is 5.49. The highest BCUT2D eigenvalue weighted by molar-refractivity contribution is 5.85. The van der Waals surface area contributed by atoms with Crippen LogP contribution < -0.4 is 0 Å². The SMILES string of the molecule is COC(=O)[C@H]1CCCN(C)[C@H]1c1c[nH]c2ccccc12. The molecule has 0 spiro atoms. The highest BCUT2D eigenvalue weighted by atomic mass is 16.5. The molecular weight excluding hydrogens is 252 g/mol. The molecule has 1 aliphatic heterocycles. The van der Waals surface area contributed by atoms with E-state index in [9.17, 15) is 4.79 Å². The van der Waals surface area contributed by atoms with Crippen LogP contribution in [0.15, 0.2) is 30.5 Å². The van der Waals surface area contributed by atoms with Crippen molar-refractivity contribution in [3.05, 3.63) is 36.0 Å². The number of carbonyl (C=O) groups excluding carboxylic acids is 1. The molecule has 20 heavy (non-hydrogen) atoms. The lowest BCUT2D eigenvalue weighted by molar-refractivity contribution is -0.149. The third-order valence-electron chi connectivity index (χ3n) is 4.33. The first-order valence-corrected chi connectivity index (χ1v) is 7.06. The molecule has 1 fully saturated rings. The predicted octanol–water partition coefficient (Wildman–Crippen LogP) is 2.72. The molecule has 3 rings (SSSR count). The van der Waals surface area contributed by atoms with E-state index in [1.54, 1.807) is 0 Å². The predicted molar refractivity (Wildman–Crippen MR) is 78.4 cm³/mol. The molecule has 0 amide bonds. The van der Waals surface area contributed by atoms with Gasteiger partial charge in [-0.2, -0.15) is 0 Å². The molecule has 0 aliphatic carbocycles. The van der Waals surface area contributed by atoms with Gasteiger partial charge in [-0.3, -0.25) is 9.69 Å². The number of para-hydroxylation sites is 1. The minimum Gasteiger partial charge on any atom is -0.469 e. The van der Waals surface area contributed by atoms with Crippen molar-refractivity contribution in [2.24, 2.45) is 5.92 Å². The van der Waals surface area contributed by atoms with Crippen molar-refractivity contribution < 1.29 is 9.53 Å². The minimum atomic E-state index is -0.105. The Kier molecular flexibility index (Phi) is 3.49. The van der Waals surface area contributed by atoms with Crippen molar-refractivity contribution in [2.45, 2.75) is 18.9 Å². The molecule has 0 unspecified atom stereocenters. The van der Waals surface area contributed by atoms with Gasteiger partial charge in [-0.1, -0.05) is 18.2 Å². The first-order chi connectivity index (χ1) is 9.72. The zero-order chi connectivity index (χ0) is 14.1. The molecule has 2 aromatic rings. The summed E-state index contributed by atoms with van der Waals surface area (Å²) in [5.41, 5.74) is 2.31. The fourth-order valence-corrected chi connectivity index (χ4v) is 3.36. The number of benzene rings is 1. The molecular formula is C16H20N2O2. The average molecular weight is 272 g/mol. The molecule has 1 saturated heterocycles. The number of H-pyrrole nitrogens is 1. The number of aromatic nitrogens is 1. The molecule has 1 N–H and O–H groups in total. The maximum Gasteiger partial charge on any atom is 0.310 e. The van der Waals surface area contributed by atoms with E-state index < -0.39 is 0 Å². The Morgan fingerprint density at radius 1 is 1.40 bits per heavy atom. The summed E-state index contributed by atoms with van der Waals surface area (Å²) >= 11 is 0. The molecule has 106 valence electrons. The van der Waals surface area contributed by atoms with Gasteiger partial charge in [0.25, 0.3) is 0 Å². The standard InChI is InChI=1S/C16H20N2O2/c1-18-9-5-7-12(16(19)20-2)15(18)13-10-17-14-8-4-3-6-11(13)14/h3-4,6,8,10,12,15,17H,5,7,9H2,1-2H3/t12-,15+/m0/s1. The van der Waals surface area contributed by atoms with Crippen LogP contribution in [0.2, 0.25) is 0 Å². The van der Waals surface area contributed by atoms with Gasteiger partial charge < -0.3 is 9.72 Å². The summed E-state index contributed by atoms with van der Waals surface area (Å²) in [5.74, 6) is -0.190. The quantitative estimate of drug-likeness (QED) is 0.855. The Morgan fingerprint density at radius 2 is 2.20 bits per heavy atom. The lowest BCUT2D eigenvalue weighted by atomic mass is 9.85. The van der Waals surface area contributed by atoms with Gasteiger partial charge in [0.05, 0.1) is 13.0 Å². The number of rotatable bonds is 2. The Hall–Kier alpha value is -1.81. The Morgan fingerprint density at radius 3 is 3.00 bits per heavy atom. The van der Waals surface area contributed by atoms with Crippen LogP contribution in [-0.4, -0.2) is 36.6 Å². The highest BCUT2D eigenvalue weighted by Crippen LogP contribution is 2.38. The smallest absolute Gasteiger partial charge is 0.310 e. The molecule has 0 saturated carbocycles. The summed E-state index contributed by atoms with van der Waals surface area (Å²) in [6, 6.07) is 8.32. The van der Waals surface area contributed by atoms with Gasteiger partial charge in [-0.25, -0.2) is 0 Å². The maximum atomic E-state index is 12.1. The van der Waals surface area contributed by atoms with Crippen molar-refractivity contribution in [3.8, 4) is 0 Å². The van der Waals surface area contributed by atoms with E-state index in [0.717, 1.165) is 24.9 Å². The Balaban J connectivity index is 2.06. The number of piperidine rings is 1. The topological polar surface area (TPSA) is 45.3 Å². The summed E-state index contributed by atoms with van der Waals surface area (Å²) in [5, 5.41) is 1.19. The van der Waals surface area contributed by atoms with Crippen molar-refractivity contribution >= 4 is 16.9 Å². The molecule has 2 atom stereocenters. The number of hydrogen-bond donors (Lipinski definition) is 1. The van der Waals surface area contributed by atoms with Gasteiger partial charge in [0, 0.05) is 23.1 Å². The second kappa shape index (κ2) is 5.29. The van der Waals surface area contributed by atoms with E-state index in [0.29, 0.717) is 0 Å². The second-order valence-corrected chi connectivity index (χ2v) is 5.49. The number of nitrogens with one attached hydrogen (secondary N) is 1. The van der Waals surface area contributed by atoms with E-state index >= 15 is 0 Å². The lowest BCUT2D eigenvalue weighted by Gasteiger charge is -2.37. The summed E-state index contributed by atoms with van der Waals surface area (Å²) in [6.45, 7) is 1.01. The van der Waals surface area contributed by atoms with Gasteiger partial charge in [0.15, 0.2) is 0 Å². The van der Waals surface area contributed by atoms with Gasteiger partial charge in [0.1, 0.15) is 0 Å². The molecule has 1 aromatic heterocycles. The third kappa shape index (κ3) is 2.10. The van der Waals surface area contributed by atoms with Crippen LogP contribution in [0.25, 0.3) is 10.9 Å². The van der Waals surface area contributed by atoms with Crippen molar-refractivity contribution in [1.29, 1.82) is 0 Å². The van der Waals surface area contributed by atoms with E-state index in [1.807, 2.05) is 18.3 Å². The fraction of sp³-hybridized carbons (Fsp3) is 0.438. The number of ether oxygens (including phenoxy) is 1. The zero-order valence-corrected chi connectivity index (χ0v) is 11.9. The van der Waals surface area contributed by atoms with Gasteiger partial charge in [-0.05, 0) is 38.1 Å². The van der Waals surface area contributed by atoms with Crippen LogP contribution in [0, 0.1) is 5.92 Å². The first-order valence-electron chi connectivity index (χ1n) is 7.06. The van der Waals surface area contributed by atoms with Crippen LogP contribution in [0.4, 0.5) is 0 Å². The first kappa shape index (κ1) is 13.2. The highest BCUT2D eigenvalue weighted by Gasteiger charge is 2.37. The molecule has 1 aromatic carbocycles. The van der Waals surface area contributed by atoms with E-state index in [2.05, 4.69) is 29.1 Å². The largest absolute Gasteiger partial charge is 0.469 e. The molecule has 1 aliphatic rings. The average Bonchev–Trinajstić information content (AvgIpc) is 2.90. The zero-order valence-electron chi connectivity index (χ0n) is 11.9. The summed E-state index contributed by atoms with van der Waals surface area (Å²) in [4.78, 5) is 17.7. The van der Waals surface area contributed by atoms with Crippen LogP contribution in [-0.2, 0) is 9.53 Å². The fourth-order valence-electron chi connectivity index (χ4n) is 3.36. The van der Waals surface area contributed by atoms with Crippen LogP contribution >= 0.6 is 0 Å².